The number of halogens is 2. The number of anilines is 1. The van der Waals surface area contributed by atoms with Crippen molar-refractivity contribution in [1.82, 2.24) is 10.6 Å². The molecule has 7 heteroatoms. The predicted octanol–water partition coefficient (Wildman–Crippen LogP) is 1.71. The van der Waals surface area contributed by atoms with Crippen molar-refractivity contribution in [2.24, 2.45) is 4.99 Å². The molecule has 3 N–H and O–H groups in total. The monoisotopic (exact) mass is 392 g/mol. The SMILES string of the molecule is CN=C(NCC(=O)Nc1ccc(F)cc1)NC1CC1.I. The van der Waals surface area contributed by atoms with Crippen molar-refractivity contribution in [2.75, 3.05) is 18.9 Å². The van der Waals surface area contributed by atoms with Crippen LogP contribution in [-0.4, -0.2) is 31.5 Å². The van der Waals surface area contributed by atoms with Gasteiger partial charge in [-0.15, -0.1) is 24.0 Å². The van der Waals surface area contributed by atoms with Gasteiger partial charge in [0.1, 0.15) is 5.82 Å². The van der Waals surface area contributed by atoms with Gasteiger partial charge < -0.3 is 16.0 Å². The van der Waals surface area contributed by atoms with Crippen molar-refractivity contribution >= 4 is 41.5 Å². The molecule has 1 aliphatic carbocycles. The lowest BCUT2D eigenvalue weighted by atomic mass is 10.3. The number of amides is 1. The van der Waals surface area contributed by atoms with Gasteiger partial charge in [0.15, 0.2) is 5.96 Å². The van der Waals surface area contributed by atoms with Gasteiger partial charge in [-0.05, 0) is 37.1 Å². The molecule has 0 atom stereocenters. The summed E-state index contributed by atoms with van der Waals surface area (Å²) in [7, 11) is 1.66. The molecule has 0 unspecified atom stereocenters. The van der Waals surface area contributed by atoms with Crippen LogP contribution in [0.15, 0.2) is 29.3 Å². The van der Waals surface area contributed by atoms with E-state index in [1.807, 2.05) is 0 Å². The summed E-state index contributed by atoms with van der Waals surface area (Å²) in [6, 6.07) is 6.12. The van der Waals surface area contributed by atoms with Crippen molar-refractivity contribution in [3.05, 3.63) is 30.1 Å². The van der Waals surface area contributed by atoms with Gasteiger partial charge in [0.25, 0.3) is 0 Å². The van der Waals surface area contributed by atoms with E-state index in [0.29, 0.717) is 17.7 Å². The Morgan fingerprint density at radius 3 is 2.55 bits per heavy atom. The maximum atomic E-state index is 12.7. The second-order valence-electron chi connectivity index (χ2n) is 4.40. The fraction of sp³-hybridized carbons (Fsp3) is 0.385. The van der Waals surface area contributed by atoms with Crippen LogP contribution in [0.2, 0.25) is 0 Å². The highest BCUT2D eigenvalue weighted by atomic mass is 127. The Morgan fingerprint density at radius 1 is 1.35 bits per heavy atom. The first kappa shape index (κ1) is 16.7. The quantitative estimate of drug-likeness (QED) is 0.415. The van der Waals surface area contributed by atoms with Crippen LogP contribution in [0.5, 0.6) is 0 Å². The number of hydrogen-bond acceptors (Lipinski definition) is 2. The molecule has 5 nitrogen and oxygen atoms in total. The van der Waals surface area contributed by atoms with E-state index in [9.17, 15) is 9.18 Å². The van der Waals surface area contributed by atoms with Crippen LogP contribution in [0.4, 0.5) is 10.1 Å². The minimum atomic E-state index is -0.329. The van der Waals surface area contributed by atoms with Crippen molar-refractivity contribution < 1.29 is 9.18 Å². The number of rotatable bonds is 4. The van der Waals surface area contributed by atoms with Crippen LogP contribution in [0.25, 0.3) is 0 Å². The number of guanidine groups is 1. The van der Waals surface area contributed by atoms with Crippen molar-refractivity contribution in [1.29, 1.82) is 0 Å². The summed E-state index contributed by atoms with van der Waals surface area (Å²) in [4.78, 5) is 15.7. The molecule has 0 heterocycles. The van der Waals surface area contributed by atoms with Crippen LogP contribution in [-0.2, 0) is 4.79 Å². The zero-order valence-corrected chi connectivity index (χ0v) is 13.5. The minimum Gasteiger partial charge on any atom is -0.354 e. The van der Waals surface area contributed by atoms with E-state index in [2.05, 4.69) is 20.9 Å². The van der Waals surface area contributed by atoms with Crippen LogP contribution in [0, 0.1) is 5.82 Å². The smallest absolute Gasteiger partial charge is 0.243 e. The molecule has 1 aromatic carbocycles. The molecule has 1 saturated carbocycles. The molecule has 110 valence electrons. The lowest BCUT2D eigenvalue weighted by Crippen LogP contribution is -2.42. The molecule has 1 aliphatic rings. The first-order valence-corrected chi connectivity index (χ1v) is 6.20. The average Bonchev–Trinajstić information content (AvgIpc) is 3.21. The number of carbonyl (C=O) groups is 1. The van der Waals surface area contributed by atoms with Gasteiger partial charge in [-0.25, -0.2) is 4.39 Å². The number of benzene rings is 1. The zero-order chi connectivity index (χ0) is 13.7. The van der Waals surface area contributed by atoms with E-state index in [1.165, 1.54) is 24.3 Å². The second kappa shape index (κ2) is 8.03. The Morgan fingerprint density at radius 2 is 2.00 bits per heavy atom. The Balaban J connectivity index is 0.00000200. The minimum absolute atomic E-state index is 0. The van der Waals surface area contributed by atoms with Gasteiger partial charge in [0.2, 0.25) is 5.91 Å². The zero-order valence-electron chi connectivity index (χ0n) is 11.1. The summed E-state index contributed by atoms with van der Waals surface area (Å²) in [5.74, 6) is 0.0901. The third-order valence-corrected chi connectivity index (χ3v) is 2.69. The van der Waals surface area contributed by atoms with Crippen LogP contribution in [0.1, 0.15) is 12.8 Å². The van der Waals surface area contributed by atoms with Crippen LogP contribution in [0.3, 0.4) is 0 Å². The lowest BCUT2D eigenvalue weighted by molar-refractivity contribution is -0.115. The van der Waals surface area contributed by atoms with E-state index in [0.717, 1.165) is 12.8 Å². The second-order valence-corrected chi connectivity index (χ2v) is 4.40. The van der Waals surface area contributed by atoms with Crippen molar-refractivity contribution in [2.45, 2.75) is 18.9 Å². The molecule has 2 rings (SSSR count). The summed E-state index contributed by atoms with van der Waals surface area (Å²) in [6.07, 6.45) is 2.28. The number of nitrogens with one attached hydrogen (secondary N) is 3. The molecular formula is C13H18FIN4O. The number of hydrogen-bond donors (Lipinski definition) is 3. The lowest BCUT2D eigenvalue weighted by Gasteiger charge is -2.11. The Labute approximate surface area is 134 Å². The van der Waals surface area contributed by atoms with Gasteiger partial charge in [-0.2, -0.15) is 0 Å². The predicted molar refractivity (Wildman–Crippen MR) is 88.0 cm³/mol. The van der Waals surface area contributed by atoms with Crippen molar-refractivity contribution in [3.63, 3.8) is 0 Å². The van der Waals surface area contributed by atoms with Crippen LogP contribution >= 0.6 is 24.0 Å². The topological polar surface area (TPSA) is 65.5 Å². The Bertz CT molecular complexity index is 474. The molecule has 0 saturated heterocycles. The van der Waals surface area contributed by atoms with E-state index < -0.39 is 0 Å². The third kappa shape index (κ3) is 5.72. The maximum absolute atomic E-state index is 12.7. The first-order chi connectivity index (χ1) is 9.17. The number of nitrogens with zero attached hydrogens (tertiary/aromatic N) is 1. The standard InChI is InChI=1S/C13H17FN4O.HI/c1-15-13(18-11-6-7-11)16-8-12(19)17-10-4-2-9(14)3-5-10;/h2-5,11H,6-8H2,1H3,(H,17,19)(H2,15,16,18);1H. The maximum Gasteiger partial charge on any atom is 0.243 e. The molecule has 20 heavy (non-hydrogen) atoms. The Kier molecular flexibility index (Phi) is 6.69. The summed E-state index contributed by atoms with van der Waals surface area (Å²) < 4.78 is 12.7. The van der Waals surface area contributed by atoms with E-state index >= 15 is 0 Å². The molecule has 1 aromatic rings. The molecule has 1 amide bonds. The first-order valence-electron chi connectivity index (χ1n) is 6.20. The Hall–Kier alpha value is -1.38. The average molecular weight is 392 g/mol. The van der Waals surface area contributed by atoms with Crippen molar-refractivity contribution in [3.8, 4) is 0 Å². The highest BCUT2D eigenvalue weighted by Crippen LogP contribution is 2.18. The summed E-state index contributed by atoms with van der Waals surface area (Å²) >= 11 is 0. The summed E-state index contributed by atoms with van der Waals surface area (Å²) in [5, 5.41) is 8.77. The van der Waals surface area contributed by atoms with Crippen LogP contribution < -0.4 is 16.0 Å². The third-order valence-electron chi connectivity index (χ3n) is 2.69. The van der Waals surface area contributed by atoms with Gasteiger partial charge >= 0.3 is 0 Å². The number of carbonyl (C=O) groups excluding carboxylic acids is 1. The number of aliphatic imine (C=N–C) groups is 1. The highest BCUT2D eigenvalue weighted by molar-refractivity contribution is 14.0. The molecule has 0 spiro atoms. The fourth-order valence-electron chi connectivity index (χ4n) is 1.52. The molecule has 0 radical (unpaired) electrons. The molecule has 0 aliphatic heterocycles. The molecule has 0 bridgehead atoms. The molecule has 0 aromatic heterocycles. The van der Waals surface area contributed by atoms with E-state index in [4.69, 9.17) is 0 Å². The molecule has 1 fully saturated rings. The molecular weight excluding hydrogens is 374 g/mol. The summed E-state index contributed by atoms with van der Waals surface area (Å²) in [5.41, 5.74) is 0.568. The largest absolute Gasteiger partial charge is 0.354 e. The van der Waals surface area contributed by atoms with E-state index in [1.54, 1.807) is 7.05 Å². The van der Waals surface area contributed by atoms with Gasteiger partial charge in [0, 0.05) is 18.8 Å². The van der Waals surface area contributed by atoms with Gasteiger partial charge in [-0.1, -0.05) is 0 Å². The van der Waals surface area contributed by atoms with Gasteiger partial charge in [-0.3, -0.25) is 9.79 Å². The highest BCUT2D eigenvalue weighted by Gasteiger charge is 2.22. The van der Waals surface area contributed by atoms with E-state index in [-0.39, 0.29) is 42.2 Å². The summed E-state index contributed by atoms with van der Waals surface area (Å²) in [6.45, 7) is 0.115. The normalized spacial score (nSPS) is 14.2. The van der Waals surface area contributed by atoms with Gasteiger partial charge in [0.05, 0.1) is 6.54 Å². The fourth-order valence-corrected chi connectivity index (χ4v) is 1.52.